The van der Waals surface area contributed by atoms with Crippen molar-refractivity contribution in [3.63, 3.8) is 0 Å². The summed E-state index contributed by atoms with van der Waals surface area (Å²) in [4.78, 5) is 13.9. The Balaban J connectivity index is 2.08. The van der Waals surface area contributed by atoms with E-state index in [1.165, 1.54) is 14.2 Å². The molecule has 1 heteroatoms. The third kappa shape index (κ3) is 0.0294. The van der Waals surface area contributed by atoms with Gasteiger partial charge in [-0.25, -0.2) is 0 Å². The van der Waals surface area contributed by atoms with Crippen LogP contribution in [0.15, 0.2) is 0 Å². The summed E-state index contributed by atoms with van der Waals surface area (Å²) in [6, 6.07) is 0. The van der Waals surface area contributed by atoms with E-state index in [0.717, 1.165) is 0 Å². The molecule has 10 heterocycles. The van der Waals surface area contributed by atoms with Gasteiger partial charge in [-0.15, -0.1) is 0 Å². The molecule has 0 saturated carbocycles. The zero-order valence-electron chi connectivity index (χ0n) is 7.72. The van der Waals surface area contributed by atoms with Crippen molar-refractivity contribution < 1.29 is 6.23 Å². The van der Waals surface area contributed by atoms with E-state index in [1.807, 2.05) is 0 Å². The van der Waals surface area contributed by atoms with Crippen LogP contribution in [-0.4, -0.2) is 0 Å². The summed E-state index contributed by atoms with van der Waals surface area (Å²) in [6.45, 7) is 2.58. The van der Waals surface area contributed by atoms with Crippen molar-refractivity contribution in [3.05, 3.63) is 0 Å². The molecule has 4 atom stereocenters. The predicted octanol–water partition coefficient (Wildman–Crippen LogP) is 4.16. The van der Waals surface area contributed by atoms with E-state index in [-0.39, 0.29) is 0 Å². The molecule has 0 aromatic carbocycles. The van der Waals surface area contributed by atoms with E-state index in [0.29, 0.717) is 0 Å². The van der Waals surface area contributed by atoms with Crippen LogP contribution in [0.4, 0.5) is 0 Å². The molecule has 10 aliphatic heterocycles. The minimum absolute atomic E-state index is 1.22. The molecular formula is C12H14Ni. The zero-order valence-corrected chi connectivity index (χ0v) is 8.71. The Morgan fingerprint density at radius 1 is 0.846 bits per heavy atom. The molecule has 72 valence electrons. The Morgan fingerprint density at radius 3 is 1.38 bits per heavy atom. The van der Waals surface area contributed by atoms with E-state index in [2.05, 4.69) is 6.92 Å². The molecule has 0 bridgehead atoms. The van der Waals surface area contributed by atoms with Gasteiger partial charge in [-0.05, 0) is 0 Å². The number of rotatable bonds is 1. The molecule has 0 aliphatic carbocycles. The van der Waals surface area contributed by atoms with Gasteiger partial charge in [-0.1, -0.05) is 0 Å². The van der Waals surface area contributed by atoms with Crippen LogP contribution < -0.4 is 0 Å². The average Bonchev–Trinajstić information content (AvgIpc) is 3.12. The first-order valence-electron chi connectivity index (χ1n) is 6.11. The Bertz CT molecular complexity index is 765. The van der Waals surface area contributed by atoms with Gasteiger partial charge in [0.25, 0.3) is 0 Å². The third-order valence-electron chi connectivity index (χ3n) is 14.1. The molecule has 13 heavy (non-hydrogen) atoms. The van der Waals surface area contributed by atoms with Crippen molar-refractivity contribution in [2.45, 2.75) is 61.7 Å². The Labute approximate surface area is 68.2 Å². The molecule has 10 rings (SSSR count). The van der Waals surface area contributed by atoms with Gasteiger partial charge in [0.05, 0.1) is 0 Å². The molecule has 4 unspecified atom stereocenters. The monoisotopic (exact) mass is 216 g/mol. The van der Waals surface area contributed by atoms with Crippen LogP contribution in [0.5, 0.6) is 0 Å². The molecule has 0 radical (unpaired) electrons. The van der Waals surface area contributed by atoms with Gasteiger partial charge in [-0.3, -0.25) is 0 Å². The van der Waals surface area contributed by atoms with E-state index in [9.17, 15) is 0 Å². The van der Waals surface area contributed by atoms with Gasteiger partial charge in [0, 0.05) is 0 Å². The Hall–Kier alpha value is 0.494. The molecule has 10 fully saturated rings. The summed E-state index contributed by atoms with van der Waals surface area (Å²) in [5.41, 5.74) is 0. The van der Waals surface area contributed by atoms with Crippen LogP contribution >= 0.6 is 0 Å². The van der Waals surface area contributed by atoms with Crippen molar-refractivity contribution in [2.24, 2.45) is 0 Å². The minimum atomic E-state index is -2.32. The molecular weight excluding hydrogens is 203 g/mol. The van der Waals surface area contributed by atoms with Crippen LogP contribution in [0.1, 0.15) is 13.3 Å². The van der Waals surface area contributed by atoms with Crippen molar-refractivity contribution >= 4 is 0 Å². The summed E-state index contributed by atoms with van der Waals surface area (Å²) < 4.78 is 1.22. The van der Waals surface area contributed by atoms with E-state index in [1.54, 1.807) is 40.6 Å². The first-order chi connectivity index (χ1) is 6.11. The second kappa shape index (κ2) is 0.261. The second-order valence-electron chi connectivity index (χ2n) is 9.39. The standard InChI is InChI=1S/C7H9.C5H5.Ni/c1-2-7-5-3-4-6-7;1-2-4-5-3-1;/h3-6H,2H2,1H3;1-5H;. The Morgan fingerprint density at radius 2 is 1.31 bits per heavy atom. The summed E-state index contributed by atoms with van der Waals surface area (Å²) in [6.07, 6.45) is -0.643. The van der Waals surface area contributed by atoms with Crippen LogP contribution in [0, 0.1) is 0 Å². The van der Waals surface area contributed by atoms with Gasteiger partial charge in [0.15, 0.2) is 0 Å². The molecule has 1 spiro atoms. The zero-order chi connectivity index (χ0) is 7.72. The first-order valence-corrected chi connectivity index (χ1v) is 11.7. The van der Waals surface area contributed by atoms with E-state index >= 15 is 0 Å². The quantitative estimate of drug-likeness (QED) is 0.578. The fourth-order valence-corrected chi connectivity index (χ4v) is 80.8. The van der Waals surface area contributed by atoms with Crippen LogP contribution in [0.3, 0.4) is 0 Å². The number of hydrogen-bond donors (Lipinski definition) is 0. The summed E-state index contributed by atoms with van der Waals surface area (Å²) in [5, 5.41) is 0. The topological polar surface area (TPSA) is 0 Å². The SMILES string of the molecule is CC[C]12[CH]3[CH]4[CH]5[CH]1[Ni]45321678[CH]2[CH]1[CH]6[CH]7[CH]28. The molecule has 10 saturated heterocycles. The van der Waals surface area contributed by atoms with Crippen molar-refractivity contribution in [2.75, 3.05) is 0 Å². The molecule has 0 N–H and O–H groups in total. The van der Waals surface area contributed by atoms with Gasteiger partial charge in [0.1, 0.15) is 0 Å². The normalized spacial score (nSPS) is 152. The molecule has 0 aromatic rings. The van der Waals surface area contributed by atoms with Gasteiger partial charge in [-0.2, -0.15) is 0 Å². The fourth-order valence-electron chi connectivity index (χ4n) is 15.7. The summed E-state index contributed by atoms with van der Waals surface area (Å²) >= 11 is 0. The molecule has 0 aromatic heterocycles. The number of fused-ring (bicyclic) bond motifs is 10. The summed E-state index contributed by atoms with van der Waals surface area (Å²) in [5.74, 6) is 0. The van der Waals surface area contributed by atoms with E-state index < -0.39 is 6.23 Å². The maximum atomic E-state index is 2.58. The fraction of sp³-hybridized carbons (Fsp3) is 1.00. The Kier molecular flexibility index (Phi) is 0.0836. The second-order valence-corrected chi connectivity index (χ2v) is 30.6. The molecule has 0 amide bonds. The van der Waals surface area contributed by atoms with Crippen LogP contribution in [-0.2, 0) is 6.23 Å². The van der Waals surface area contributed by atoms with Crippen LogP contribution in [0.25, 0.3) is 0 Å². The predicted molar refractivity (Wildman–Crippen MR) is 46.7 cm³/mol. The van der Waals surface area contributed by atoms with Gasteiger partial charge < -0.3 is 0 Å². The average molecular weight is 217 g/mol. The van der Waals surface area contributed by atoms with Crippen molar-refractivity contribution in [1.82, 2.24) is 0 Å². The summed E-state index contributed by atoms with van der Waals surface area (Å²) in [7, 11) is 0. The molecule has 0 nitrogen and oxygen atoms in total. The van der Waals surface area contributed by atoms with Crippen LogP contribution in [0.2, 0.25) is 48.4 Å². The molecule has 10 aliphatic rings. The van der Waals surface area contributed by atoms with Crippen molar-refractivity contribution in [1.29, 1.82) is 0 Å². The third-order valence-corrected chi connectivity index (χ3v) is 52.7. The number of hydrogen-bond acceptors (Lipinski definition) is 0. The van der Waals surface area contributed by atoms with Crippen molar-refractivity contribution in [3.8, 4) is 0 Å². The first kappa shape index (κ1) is 4.16. The maximum absolute atomic E-state index is 2.58. The van der Waals surface area contributed by atoms with Gasteiger partial charge in [0.2, 0.25) is 0 Å². The van der Waals surface area contributed by atoms with Gasteiger partial charge >= 0.3 is 67.9 Å². The van der Waals surface area contributed by atoms with E-state index in [4.69, 9.17) is 0 Å².